The van der Waals surface area contributed by atoms with Crippen molar-refractivity contribution >= 4 is 27.6 Å². The Morgan fingerprint density at radius 3 is 2.38 bits per heavy atom. The first-order valence-corrected chi connectivity index (χ1v) is 9.57. The summed E-state index contributed by atoms with van der Waals surface area (Å²) in [6.45, 7) is 4.43. The first-order chi connectivity index (χ1) is 12.1. The molecule has 7 heteroatoms. The van der Waals surface area contributed by atoms with Crippen LogP contribution in [0.15, 0.2) is 34.8 Å². The molecule has 1 fully saturated rings. The average Bonchev–Trinajstić information content (AvgIpc) is 2.46. The molecule has 1 aliphatic carbocycles. The van der Waals surface area contributed by atoms with Crippen molar-refractivity contribution in [2.24, 2.45) is 5.92 Å². The molecule has 2 rings (SSSR count). The van der Waals surface area contributed by atoms with Crippen molar-refractivity contribution < 1.29 is 17.6 Å². The van der Waals surface area contributed by atoms with Crippen LogP contribution in [0.3, 0.4) is 0 Å². The predicted octanol–water partition coefficient (Wildman–Crippen LogP) is 6.82. The molecule has 1 aliphatic rings. The highest BCUT2D eigenvalue weighted by Gasteiger charge is 2.29. The third kappa shape index (κ3) is 7.32. The topological polar surface area (TPSA) is 26.0 Å². The van der Waals surface area contributed by atoms with Crippen LogP contribution in [0, 0.1) is 17.6 Å². The van der Waals surface area contributed by atoms with E-state index in [1.54, 1.807) is 0 Å². The zero-order chi connectivity index (χ0) is 19.9. The average molecular weight is 407 g/mol. The summed E-state index contributed by atoms with van der Waals surface area (Å²) in [5.41, 5.74) is 1.48. The molecule has 146 valence electrons. The first-order valence-electron chi connectivity index (χ1n) is 8.55. The third-order valence-electron chi connectivity index (χ3n) is 4.21. The van der Waals surface area contributed by atoms with Crippen LogP contribution in [0.2, 0.25) is 0 Å². The van der Waals surface area contributed by atoms with E-state index in [2.05, 4.69) is 38.6 Å². The summed E-state index contributed by atoms with van der Waals surface area (Å²) in [6.07, 6.45) is 11.0. The molecule has 0 radical (unpaired) electrons. The Morgan fingerprint density at radius 1 is 1.31 bits per heavy atom. The summed E-state index contributed by atoms with van der Waals surface area (Å²) in [5, 5.41) is 0. The number of nitrogen functional groups attached to an aromatic ring is 1. The lowest BCUT2D eigenvalue weighted by molar-refractivity contribution is 0.0988. The molecule has 0 aliphatic heterocycles. The maximum Gasteiger partial charge on any atom is 0.286 e. The Balaban J connectivity index is 0.000000260. The van der Waals surface area contributed by atoms with Gasteiger partial charge in [-0.2, -0.15) is 8.78 Å². The number of hydrogen-bond acceptors (Lipinski definition) is 2. The SMILES string of the molecule is CCC/C=C(S)\C=C(/C)C1CCC1.Nc1cc(F)c(C(F)(F)P)cc1F. The van der Waals surface area contributed by atoms with E-state index in [4.69, 9.17) is 5.73 Å². The third-order valence-corrected chi connectivity index (χ3v) is 4.83. The normalized spacial score (nSPS) is 16.0. The second-order valence-corrected chi connectivity index (χ2v) is 7.65. The van der Waals surface area contributed by atoms with Gasteiger partial charge in [-0.05, 0) is 49.2 Å². The molecule has 0 saturated heterocycles. The van der Waals surface area contributed by atoms with E-state index in [1.165, 1.54) is 31.3 Å². The van der Waals surface area contributed by atoms with Crippen LogP contribution < -0.4 is 5.73 Å². The fourth-order valence-electron chi connectivity index (χ4n) is 2.38. The number of rotatable bonds is 5. The number of alkyl halides is 2. The summed E-state index contributed by atoms with van der Waals surface area (Å²) < 4.78 is 50.5. The fourth-order valence-corrected chi connectivity index (χ4v) is 2.94. The second kappa shape index (κ2) is 10.4. The molecule has 1 aromatic carbocycles. The summed E-state index contributed by atoms with van der Waals surface area (Å²) in [7, 11) is 1.12. The lowest BCUT2D eigenvalue weighted by atomic mass is 9.80. The number of unbranched alkanes of at least 4 members (excludes halogenated alkanes) is 1. The number of thiol groups is 1. The van der Waals surface area contributed by atoms with Gasteiger partial charge in [-0.15, -0.1) is 12.6 Å². The van der Waals surface area contributed by atoms with Gasteiger partial charge in [0.05, 0.1) is 11.3 Å². The van der Waals surface area contributed by atoms with Gasteiger partial charge in [0.15, 0.2) is 0 Å². The largest absolute Gasteiger partial charge is 0.396 e. The van der Waals surface area contributed by atoms with Crippen LogP contribution in [0.5, 0.6) is 0 Å². The molecule has 1 saturated carbocycles. The van der Waals surface area contributed by atoms with Crippen molar-refractivity contribution in [3.8, 4) is 0 Å². The lowest BCUT2D eigenvalue weighted by Crippen LogP contribution is -2.11. The van der Waals surface area contributed by atoms with Gasteiger partial charge in [0, 0.05) is 6.07 Å². The molecule has 0 spiro atoms. The van der Waals surface area contributed by atoms with E-state index in [1.807, 2.05) is 0 Å². The Morgan fingerprint density at radius 2 is 1.92 bits per heavy atom. The van der Waals surface area contributed by atoms with Crippen LogP contribution in [0.25, 0.3) is 0 Å². The molecule has 26 heavy (non-hydrogen) atoms. The first kappa shape index (κ1) is 23.0. The number of benzene rings is 1. The quantitative estimate of drug-likeness (QED) is 0.181. The maximum absolute atomic E-state index is 12.8. The van der Waals surface area contributed by atoms with E-state index in [0.717, 1.165) is 26.5 Å². The van der Waals surface area contributed by atoms with E-state index in [9.17, 15) is 17.6 Å². The standard InChI is InChI=1S/C12H20S.C7H6F4NP/c1-3-4-8-12(13)9-10(2)11-6-5-7-11;8-4-2-6(12)5(9)1-3(4)7(10,11)13/h8-9,11,13H,3-7H2,1-2H3;1-2H,12-13H2/b10-9+,12-8+;. The molecular weight excluding hydrogens is 381 g/mol. The highest BCUT2D eigenvalue weighted by atomic mass is 32.1. The molecule has 0 aromatic heterocycles. The fraction of sp³-hybridized carbons (Fsp3) is 0.474. The zero-order valence-corrected chi connectivity index (χ0v) is 17.1. The molecule has 1 aromatic rings. The molecule has 2 N–H and O–H groups in total. The van der Waals surface area contributed by atoms with Gasteiger partial charge in [-0.25, -0.2) is 8.78 Å². The van der Waals surface area contributed by atoms with Gasteiger partial charge < -0.3 is 5.73 Å². The Bertz CT molecular complexity index is 664. The van der Waals surface area contributed by atoms with Crippen molar-refractivity contribution in [2.75, 3.05) is 5.73 Å². The maximum atomic E-state index is 12.8. The summed E-state index contributed by atoms with van der Waals surface area (Å²) >= 11 is 4.45. The molecule has 0 amide bonds. The monoisotopic (exact) mass is 407 g/mol. The van der Waals surface area contributed by atoms with Crippen molar-refractivity contribution in [3.63, 3.8) is 0 Å². The summed E-state index contributed by atoms with van der Waals surface area (Å²) in [6, 6.07) is 0.917. The van der Waals surface area contributed by atoms with Crippen LogP contribution in [-0.2, 0) is 5.66 Å². The molecule has 1 atom stereocenters. The van der Waals surface area contributed by atoms with Crippen molar-refractivity contribution in [1.29, 1.82) is 0 Å². The Labute approximate surface area is 160 Å². The molecular formula is C19H26F4NPS. The highest BCUT2D eigenvalue weighted by molar-refractivity contribution is 7.84. The number of allylic oxidation sites excluding steroid dienone is 3. The minimum atomic E-state index is -3.49. The Hall–Kier alpha value is -1.00. The van der Waals surface area contributed by atoms with Crippen molar-refractivity contribution in [2.45, 2.75) is 51.6 Å². The van der Waals surface area contributed by atoms with Gasteiger partial charge in [0.25, 0.3) is 5.66 Å². The minimum Gasteiger partial charge on any atom is -0.396 e. The van der Waals surface area contributed by atoms with Crippen LogP contribution in [-0.4, -0.2) is 0 Å². The number of halogens is 4. The number of hydrogen-bond donors (Lipinski definition) is 2. The van der Waals surface area contributed by atoms with Gasteiger partial charge in [0.1, 0.15) is 11.6 Å². The predicted molar refractivity (Wildman–Crippen MR) is 107 cm³/mol. The summed E-state index contributed by atoms with van der Waals surface area (Å²) in [4.78, 5) is 1.14. The zero-order valence-electron chi connectivity index (χ0n) is 15.0. The van der Waals surface area contributed by atoms with Crippen LogP contribution in [0.1, 0.15) is 51.5 Å². The molecule has 0 bridgehead atoms. The smallest absolute Gasteiger partial charge is 0.286 e. The molecule has 1 nitrogen and oxygen atoms in total. The van der Waals surface area contributed by atoms with Crippen molar-refractivity contribution in [3.05, 3.63) is 52.0 Å². The molecule has 1 unspecified atom stereocenters. The van der Waals surface area contributed by atoms with E-state index in [-0.39, 0.29) is 0 Å². The minimum absolute atomic E-state index is 0.387. The number of nitrogens with two attached hydrogens (primary N) is 1. The van der Waals surface area contributed by atoms with E-state index in [0.29, 0.717) is 12.1 Å². The van der Waals surface area contributed by atoms with Crippen molar-refractivity contribution in [1.82, 2.24) is 0 Å². The van der Waals surface area contributed by atoms with Crippen LogP contribution in [0.4, 0.5) is 23.2 Å². The van der Waals surface area contributed by atoms with Gasteiger partial charge >= 0.3 is 0 Å². The number of anilines is 1. The Kier molecular flexibility index (Phi) is 9.18. The van der Waals surface area contributed by atoms with Gasteiger partial charge in [0.2, 0.25) is 0 Å². The van der Waals surface area contributed by atoms with E-state index < -0.39 is 28.5 Å². The van der Waals surface area contributed by atoms with Gasteiger partial charge in [-0.3, -0.25) is 0 Å². The molecule has 0 heterocycles. The second-order valence-electron chi connectivity index (χ2n) is 6.41. The summed E-state index contributed by atoms with van der Waals surface area (Å²) in [5.74, 6) is -1.42. The van der Waals surface area contributed by atoms with Gasteiger partial charge in [-0.1, -0.05) is 40.7 Å². The highest BCUT2D eigenvalue weighted by Crippen LogP contribution is 2.37. The van der Waals surface area contributed by atoms with Crippen LogP contribution >= 0.6 is 21.9 Å². The van der Waals surface area contributed by atoms with E-state index >= 15 is 0 Å². The lowest BCUT2D eigenvalue weighted by Gasteiger charge is -2.26.